The number of nitrogens with one attached hydrogen (secondary N) is 2. The number of carbonyl (C=O) groups is 2. The Morgan fingerprint density at radius 2 is 2.14 bits per heavy atom. The minimum absolute atomic E-state index is 0.0623. The van der Waals surface area contributed by atoms with E-state index in [1.165, 1.54) is 6.07 Å². The maximum Gasteiger partial charge on any atom is 0.249 e. The molecule has 1 aromatic carbocycles. The van der Waals surface area contributed by atoms with E-state index in [4.69, 9.17) is 0 Å². The number of imide groups is 1. The molecule has 5 nitrogen and oxygen atoms in total. The summed E-state index contributed by atoms with van der Waals surface area (Å²) in [4.78, 5) is 25.3. The number of hydrogen-bond acceptors (Lipinski definition) is 4. The molecule has 0 bridgehead atoms. The van der Waals surface area contributed by atoms with E-state index in [1.54, 1.807) is 17.0 Å². The van der Waals surface area contributed by atoms with Gasteiger partial charge in [-0.1, -0.05) is 19.9 Å². The number of piperazine rings is 1. The second-order valence-corrected chi connectivity index (χ2v) is 4.98. The van der Waals surface area contributed by atoms with Gasteiger partial charge < -0.3 is 10.2 Å². The Morgan fingerprint density at radius 3 is 2.81 bits per heavy atom. The Balaban J connectivity index is 2.40. The highest BCUT2D eigenvalue weighted by molar-refractivity contribution is 6.04. The van der Waals surface area contributed by atoms with Crippen molar-refractivity contribution in [2.45, 2.75) is 32.9 Å². The topological polar surface area (TPSA) is 61.4 Å². The van der Waals surface area contributed by atoms with Gasteiger partial charge in [0.25, 0.3) is 0 Å². The molecule has 1 heterocycles. The second-order valence-electron chi connectivity index (χ2n) is 4.98. The Kier molecular flexibility index (Phi) is 4.90. The number of hydrogen-bond donors (Lipinski definition) is 2. The highest BCUT2D eigenvalue weighted by Gasteiger charge is 2.33. The van der Waals surface area contributed by atoms with Crippen LogP contribution in [0.15, 0.2) is 18.2 Å². The smallest absolute Gasteiger partial charge is 0.249 e. The van der Waals surface area contributed by atoms with E-state index in [-0.39, 0.29) is 24.2 Å². The van der Waals surface area contributed by atoms with Crippen molar-refractivity contribution in [3.8, 4) is 0 Å². The van der Waals surface area contributed by atoms with E-state index in [0.29, 0.717) is 30.8 Å². The van der Waals surface area contributed by atoms with Gasteiger partial charge in [0.15, 0.2) is 0 Å². The molecule has 1 aromatic rings. The molecule has 0 aromatic heterocycles. The van der Waals surface area contributed by atoms with E-state index in [9.17, 15) is 14.0 Å². The molecular formula is C15H20FN3O2. The minimum Gasteiger partial charge on any atom is -0.350 e. The van der Waals surface area contributed by atoms with Crippen molar-refractivity contribution in [1.82, 2.24) is 10.6 Å². The van der Waals surface area contributed by atoms with Crippen molar-refractivity contribution in [3.63, 3.8) is 0 Å². The lowest BCUT2D eigenvalue weighted by Gasteiger charge is -2.36. The van der Waals surface area contributed by atoms with Gasteiger partial charge in [-0.3, -0.25) is 14.9 Å². The van der Waals surface area contributed by atoms with Crippen LogP contribution in [-0.2, 0) is 16.1 Å². The first-order valence-corrected chi connectivity index (χ1v) is 7.16. The van der Waals surface area contributed by atoms with Crippen LogP contribution in [0.1, 0.15) is 25.8 Å². The molecule has 0 spiro atoms. The molecule has 0 aliphatic carbocycles. The summed E-state index contributed by atoms with van der Waals surface area (Å²) in [5.41, 5.74) is 1.09. The molecule has 114 valence electrons. The summed E-state index contributed by atoms with van der Waals surface area (Å²) >= 11 is 0. The number of rotatable bonds is 5. The SMILES string of the molecule is CCNCc1c(F)cccc1N1CC(=O)NC(=O)C1CC. The fraction of sp³-hybridized carbons (Fsp3) is 0.467. The predicted molar refractivity (Wildman–Crippen MR) is 78.4 cm³/mol. The average Bonchev–Trinajstić information content (AvgIpc) is 2.45. The number of nitrogens with zero attached hydrogens (tertiary/aromatic N) is 1. The first-order valence-electron chi connectivity index (χ1n) is 7.16. The van der Waals surface area contributed by atoms with Crippen LogP contribution < -0.4 is 15.5 Å². The van der Waals surface area contributed by atoms with Crippen molar-refractivity contribution in [2.24, 2.45) is 0 Å². The van der Waals surface area contributed by atoms with Crippen molar-refractivity contribution < 1.29 is 14.0 Å². The van der Waals surface area contributed by atoms with Gasteiger partial charge in [0.1, 0.15) is 11.9 Å². The van der Waals surface area contributed by atoms with Crippen LogP contribution in [0.3, 0.4) is 0 Å². The molecule has 2 N–H and O–H groups in total. The highest BCUT2D eigenvalue weighted by Crippen LogP contribution is 2.27. The van der Waals surface area contributed by atoms with Crippen molar-refractivity contribution in [3.05, 3.63) is 29.6 Å². The van der Waals surface area contributed by atoms with Gasteiger partial charge in [0, 0.05) is 17.8 Å². The molecule has 2 rings (SSSR count). The van der Waals surface area contributed by atoms with E-state index in [2.05, 4.69) is 10.6 Å². The van der Waals surface area contributed by atoms with Gasteiger partial charge in [-0.05, 0) is 25.1 Å². The third-order valence-corrected chi connectivity index (χ3v) is 3.60. The summed E-state index contributed by atoms with van der Waals surface area (Å²) in [5.74, 6) is -1.02. The summed E-state index contributed by atoms with van der Waals surface area (Å²) < 4.78 is 14.1. The van der Waals surface area contributed by atoms with Crippen LogP contribution in [0.5, 0.6) is 0 Å². The van der Waals surface area contributed by atoms with E-state index >= 15 is 0 Å². The summed E-state index contributed by atoms with van der Waals surface area (Å²) in [7, 11) is 0. The fourth-order valence-electron chi connectivity index (χ4n) is 2.57. The lowest BCUT2D eigenvalue weighted by atomic mass is 10.0. The van der Waals surface area contributed by atoms with Gasteiger partial charge >= 0.3 is 0 Å². The Labute approximate surface area is 123 Å². The molecule has 1 aliphatic rings. The molecule has 0 radical (unpaired) electrons. The summed E-state index contributed by atoms with van der Waals surface area (Å²) in [6.07, 6.45) is 0.552. The number of carbonyl (C=O) groups excluding carboxylic acids is 2. The lowest BCUT2D eigenvalue weighted by molar-refractivity contribution is -0.132. The van der Waals surface area contributed by atoms with Crippen molar-refractivity contribution in [2.75, 3.05) is 18.0 Å². The molecule has 1 fully saturated rings. The molecule has 6 heteroatoms. The third-order valence-electron chi connectivity index (χ3n) is 3.60. The van der Waals surface area contributed by atoms with Crippen LogP contribution in [0.2, 0.25) is 0 Å². The van der Waals surface area contributed by atoms with Crippen LogP contribution >= 0.6 is 0 Å². The molecule has 2 amide bonds. The molecule has 1 saturated heterocycles. The van der Waals surface area contributed by atoms with Crippen LogP contribution in [-0.4, -0.2) is 30.9 Å². The quantitative estimate of drug-likeness (QED) is 0.800. The number of amides is 2. The standard InChI is InChI=1S/C15H20FN3O2/c1-3-12-15(21)18-14(20)9-19(12)13-7-5-6-11(16)10(13)8-17-4-2/h5-7,12,17H,3-4,8-9H2,1-2H3,(H,18,20,21). The van der Waals surface area contributed by atoms with Gasteiger partial charge in [-0.25, -0.2) is 4.39 Å². The maximum atomic E-state index is 14.1. The van der Waals surface area contributed by atoms with E-state index in [1.807, 2.05) is 13.8 Å². The van der Waals surface area contributed by atoms with Crippen molar-refractivity contribution in [1.29, 1.82) is 0 Å². The number of anilines is 1. The first-order chi connectivity index (χ1) is 10.1. The summed E-state index contributed by atoms with van der Waals surface area (Å²) in [6.45, 7) is 4.95. The monoisotopic (exact) mass is 293 g/mol. The Hall–Kier alpha value is -1.95. The van der Waals surface area contributed by atoms with E-state index < -0.39 is 6.04 Å². The second kappa shape index (κ2) is 6.67. The Morgan fingerprint density at radius 1 is 1.38 bits per heavy atom. The molecule has 21 heavy (non-hydrogen) atoms. The number of halogens is 1. The zero-order valence-electron chi connectivity index (χ0n) is 12.3. The third kappa shape index (κ3) is 3.21. The lowest BCUT2D eigenvalue weighted by Crippen LogP contribution is -2.58. The number of benzene rings is 1. The Bertz CT molecular complexity index is 548. The van der Waals surface area contributed by atoms with Gasteiger partial charge in [0.05, 0.1) is 6.54 Å². The average molecular weight is 293 g/mol. The largest absolute Gasteiger partial charge is 0.350 e. The highest BCUT2D eigenvalue weighted by atomic mass is 19.1. The first kappa shape index (κ1) is 15.4. The van der Waals surface area contributed by atoms with E-state index in [0.717, 1.165) is 0 Å². The molecular weight excluding hydrogens is 273 g/mol. The molecule has 0 saturated carbocycles. The van der Waals surface area contributed by atoms with Gasteiger partial charge in [-0.15, -0.1) is 0 Å². The molecule has 1 aliphatic heterocycles. The van der Waals surface area contributed by atoms with Gasteiger partial charge in [0.2, 0.25) is 11.8 Å². The van der Waals surface area contributed by atoms with Crippen molar-refractivity contribution >= 4 is 17.5 Å². The zero-order valence-corrected chi connectivity index (χ0v) is 12.3. The van der Waals surface area contributed by atoms with Gasteiger partial charge in [-0.2, -0.15) is 0 Å². The molecule has 1 unspecified atom stereocenters. The zero-order chi connectivity index (χ0) is 15.4. The molecule has 1 atom stereocenters. The van der Waals surface area contributed by atoms with Crippen LogP contribution in [0, 0.1) is 5.82 Å². The maximum absolute atomic E-state index is 14.1. The summed E-state index contributed by atoms with van der Waals surface area (Å²) in [5, 5.41) is 5.42. The fourth-order valence-corrected chi connectivity index (χ4v) is 2.57. The van der Waals surface area contributed by atoms with Crippen LogP contribution in [0.25, 0.3) is 0 Å². The predicted octanol–water partition coefficient (Wildman–Crippen LogP) is 1.18. The van der Waals surface area contributed by atoms with Crippen LogP contribution in [0.4, 0.5) is 10.1 Å². The summed E-state index contributed by atoms with van der Waals surface area (Å²) in [6, 6.07) is 4.29. The normalized spacial score (nSPS) is 18.8. The minimum atomic E-state index is -0.454.